The monoisotopic (exact) mass is 328 g/mol. The Morgan fingerprint density at radius 1 is 1.24 bits per heavy atom. The fourth-order valence-corrected chi connectivity index (χ4v) is 3.67. The first-order chi connectivity index (χ1) is 10.2. The van der Waals surface area contributed by atoms with E-state index in [0.717, 1.165) is 30.2 Å². The summed E-state index contributed by atoms with van der Waals surface area (Å²) < 4.78 is 15.7. The molecule has 0 saturated heterocycles. The molecule has 1 aromatic heterocycles. The van der Waals surface area contributed by atoms with Crippen molar-refractivity contribution in [3.05, 3.63) is 28.8 Å². The van der Waals surface area contributed by atoms with Crippen molar-refractivity contribution in [2.75, 3.05) is 0 Å². The normalized spacial score (nSPS) is 16.7. The highest BCUT2D eigenvalue weighted by molar-refractivity contribution is 6.31. The van der Waals surface area contributed by atoms with Gasteiger partial charge in [-0.1, -0.05) is 43.7 Å². The quantitative estimate of drug-likeness (QED) is 0.674. The Labute approximate surface area is 134 Å². The average Bonchev–Trinajstić information content (AvgIpc) is 2.83. The number of aromatic nitrogens is 2. The second kappa shape index (κ2) is 6.53. The summed E-state index contributed by atoms with van der Waals surface area (Å²) in [6.07, 6.45) is 7.82. The molecule has 0 amide bonds. The first kappa shape index (κ1) is 15.1. The summed E-state index contributed by atoms with van der Waals surface area (Å²) in [7, 11) is 0. The van der Waals surface area contributed by atoms with Crippen molar-refractivity contribution in [3.8, 4) is 0 Å². The van der Waals surface area contributed by atoms with Crippen molar-refractivity contribution in [2.24, 2.45) is 5.92 Å². The van der Waals surface area contributed by atoms with E-state index in [4.69, 9.17) is 23.2 Å². The molecule has 1 aliphatic carbocycles. The van der Waals surface area contributed by atoms with Gasteiger partial charge in [-0.2, -0.15) is 0 Å². The fraction of sp³-hybridized carbons (Fsp3) is 0.562. The highest BCUT2D eigenvalue weighted by atomic mass is 35.5. The van der Waals surface area contributed by atoms with Crippen LogP contribution in [0.3, 0.4) is 0 Å². The Kier molecular flexibility index (Phi) is 4.70. The van der Waals surface area contributed by atoms with Crippen molar-refractivity contribution in [2.45, 2.75) is 50.9 Å². The summed E-state index contributed by atoms with van der Waals surface area (Å²) in [6.45, 7) is 0.880. The van der Waals surface area contributed by atoms with Crippen molar-refractivity contribution in [1.82, 2.24) is 9.55 Å². The minimum Gasteiger partial charge on any atom is -0.327 e. The number of halogens is 3. The van der Waals surface area contributed by atoms with Crippen LogP contribution in [0.5, 0.6) is 0 Å². The second-order valence-electron chi connectivity index (χ2n) is 5.86. The molecule has 1 fully saturated rings. The van der Waals surface area contributed by atoms with Crippen LogP contribution in [0.15, 0.2) is 12.1 Å². The molecule has 114 valence electrons. The molecule has 0 bridgehead atoms. The van der Waals surface area contributed by atoms with E-state index in [1.165, 1.54) is 38.2 Å². The first-order valence-electron chi connectivity index (χ1n) is 7.59. The molecule has 1 aromatic carbocycles. The van der Waals surface area contributed by atoms with Crippen LogP contribution in [0, 0.1) is 11.7 Å². The van der Waals surface area contributed by atoms with Crippen LogP contribution >= 0.6 is 23.2 Å². The maximum absolute atomic E-state index is 13.6. The predicted molar refractivity (Wildman–Crippen MR) is 85.5 cm³/mol. The van der Waals surface area contributed by atoms with Gasteiger partial charge in [0.1, 0.15) is 11.6 Å². The minimum absolute atomic E-state index is 0.141. The number of benzene rings is 1. The number of hydrogen-bond acceptors (Lipinski definition) is 1. The summed E-state index contributed by atoms with van der Waals surface area (Å²) in [5.41, 5.74) is 1.52. The van der Waals surface area contributed by atoms with Crippen LogP contribution in [-0.4, -0.2) is 9.55 Å². The molecule has 5 heteroatoms. The van der Waals surface area contributed by atoms with Gasteiger partial charge in [-0.3, -0.25) is 0 Å². The average molecular weight is 329 g/mol. The van der Waals surface area contributed by atoms with Crippen LogP contribution in [0.2, 0.25) is 5.02 Å². The van der Waals surface area contributed by atoms with E-state index in [2.05, 4.69) is 9.55 Å². The number of rotatable bonds is 4. The second-order valence-corrected chi connectivity index (χ2v) is 6.54. The number of nitrogens with zero attached hydrogens (tertiary/aromatic N) is 2. The van der Waals surface area contributed by atoms with E-state index in [-0.39, 0.29) is 5.02 Å². The molecule has 2 nitrogen and oxygen atoms in total. The molecule has 0 radical (unpaired) electrons. The maximum atomic E-state index is 13.6. The van der Waals surface area contributed by atoms with Crippen LogP contribution in [0.1, 0.15) is 44.3 Å². The molecule has 0 atom stereocenters. The standard InChI is InChI=1S/C16H19Cl2FN2/c17-10-16-20-14-9-13(19)12(18)8-15(14)21(16)7-6-11-4-2-1-3-5-11/h8-9,11H,1-7,10H2. The van der Waals surface area contributed by atoms with E-state index >= 15 is 0 Å². The number of aryl methyl sites for hydroxylation is 1. The van der Waals surface area contributed by atoms with E-state index in [9.17, 15) is 4.39 Å². The van der Waals surface area contributed by atoms with Gasteiger partial charge in [-0.15, -0.1) is 11.6 Å². The zero-order chi connectivity index (χ0) is 14.8. The third-order valence-electron chi connectivity index (χ3n) is 4.47. The lowest BCUT2D eigenvalue weighted by Gasteiger charge is -2.22. The van der Waals surface area contributed by atoms with Crippen molar-refractivity contribution >= 4 is 34.2 Å². The molecule has 0 spiro atoms. The maximum Gasteiger partial charge on any atom is 0.144 e. The molecule has 0 unspecified atom stereocenters. The summed E-state index contributed by atoms with van der Waals surface area (Å²) in [5.74, 6) is 1.49. The molecule has 1 heterocycles. The van der Waals surface area contributed by atoms with E-state index in [1.807, 2.05) is 0 Å². The molecule has 0 N–H and O–H groups in total. The van der Waals surface area contributed by atoms with Gasteiger partial charge >= 0.3 is 0 Å². The highest BCUT2D eigenvalue weighted by Gasteiger charge is 2.17. The minimum atomic E-state index is -0.429. The number of hydrogen-bond donors (Lipinski definition) is 0. The number of alkyl halides is 1. The highest BCUT2D eigenvalue weighted by Crippen LogP contribution is 2.29. The fourth-order valence-electron chi connectivity index (χ4n) is 3.31. The van der Waals surface area contributed by atoms with Crippen molar-refractivity contribution in [1.29, 1.82) is 0 Å². The van der Waals surface area contributed by atoms with Crippen LogP contribution in [-0.2, 0) is 12.4 Å². The summed E-state index contributed by atoms with van der Waals surface area (Å²) >= 11 is 11.9. The summed E-state index contributed by atoms with van der Waals surface area (Å²) in [4.78, 5) is 4.43. The molecule has 3 rings (SSSR count). The van der Waals surface area contributed by atoms with E-state index in [1.54, 1.807) is 6.07 Å². The number of fused-ring (bicyclic) bond motifs is 1. The Balaban J connectivity index is 1.86. The van der Waals surface area contributed by atoms with Gasteiger partial charge in [-0.25, -0.2) is 9.37 Å². The molecule has 1 saturated carbocycles. The van der Waals surface area contributed by atoms with Gasteiger partial charge in [0.15, 0.2) is 0 Å². The molecular formula is C16H19Cl2FN2. The van der Waals surface area contributed by atoms with Gasteiger partial charge in [0.05, 0.1) is 21.9 Å². The summed E-state index contributed by atoms with van der Waals surface area (Å²) in [5, 5.41) is 0.141. The van der Waals surface area contributed by atoms with E-state index < -0.39 is 5.82 Å². The SMILES string of the molecule is Fc1cc2nc(CCl)n(CCC3CCCCC3)c2cc1Cl. The zero-order valence-corrected chi connectivity index (χ0v) is 13.4. The lowest BCUT2D eigenvalue weighted by molar-refractivity contribution is 0.324. The molecule has 21 heavy (non-hydrogen) atoms. The van der Waals surface area contributed by atoms with Gasteiger partial charge in [0.2, 0.25) is 0 Å². The summed E-state index contributed by atoms with van der Waals surface area (Å²) in [6, 6.07) is 3.06. The lowest BCUT2D eigenvalue weighted by atomic mass is 9.87. The molecule has 2 aromatic rings. The topological polar surface area (TPSA) is 17.8 Å². The van der Waals surface area contributed by atoms with Gasteiger partial charge in [0.25, 0.3) is 0 Å². The number of imidazole rings is 1. The van der Waals surface area contributed by atoms with E-state index in [0.29, 0.717) is 11.4 Å². The lowest BCUT2D eigenvalue weighted by Crippen LogP contribution is -2.11. The van der Waals surface area contributed by atoms with Gasteiger partial charge in [0, 0.05) is 12.6 Å². The smallest absolute Gasteiger partial charge is 0.144 e. The Hall–Kier alpha value is -0.800. The van der Waals surface area contributed by atoms with Crippen LogP contribution in [0.25, 0.3) is 11.0 Å². The predicted octanol–water partition coefficient (Wildman–Crippen LogP) is 5.54. The first-order valence-corrected chi connectivity index (χ1v) is 8.50. The third-order valence-corrected chi connectivity index (χ3v) is 5.00. The third kappa shape index (κ3) is 3.19. The Bertz CT molecular complexity index is 633. The Morgan fingerprint density at radius 2 is 2.00 bits per heavy atom. The van der Waals surface area contributed by atoms with Crippen molar-refractivity contribution in [3.63, 3.8) is 0 Å². The molecular weight excluding hydrogens is 310 g/mol. The largest absolute Gasteiger partial charge is 0.327 e. The van der Waals surface area contributed by atoms with Gasteiger partial charge < -0.3 is 4.57 Å². The molecule has 0 aliphatic heterocycles. The molecule has 1 aliphatic rings. The van der Waals surface area contributed by atoms with Crippen molar-refractivity contribution < 1.29 is 4.39 Å². The van der Waals surface area contributed by atoms with Crippen LogP contribution in [0.4, 0.5) is 4.39 Å². The van der Waals surface area contributed by atoms with Gasteiger partial charge in [-0.05, 0) is 18.4 Å². The van der Waals surface area contributed by atoms with Crippen LogP contribution < -0.4 is 0 Å². The zero-order valence-electron chi connectivity index (χ0n) is 11.9. The Morgan fingerprint density at radius 3 is 2.71 bits per heavy atom.